The third kappa shape index (κ3) is 6.38. The Morgan fingerprint density at radius 3 is 1.43 bits per heavy atom. The van der Waals surface area contributed by atoms with Crippen LogP contribution in [0.4, 0.5) is 0 Å². The quantitative estimate of drug-likeness (QED) is 0.161. The van der Waals surface area contributed by atoms with E-state index in [9.17, 15) is 0 Å². The molecule has 5 heteroatoms. The van der Waals surface area contributed by atoms with Crippen LogP contribution in [0.5, 0.6) is 0 Å². The molecule has 0 saturated heterocycles. The number of para-hydroxylation sites is 2. The van der Waals surface area contributed by atoms with Crippen LogP contribution in [0, 0.1) is 27.7 Å². The fourth-order valence-electron chi connectivity index (χ4n) is 10.7. The fraction of sp³-hybridized carbons (Fsp3) is 0.0645. The Hall–Kier alpha value is -8.54. The Kier molecular flexibility index (Phi) is 8.71. The number of hydrogen-bond donors (Lipinski definition) is 0. The summed E-state index contributed by atoms with van der Waals surface area (Å²) in [7, 11) is 0. The summed E-state index contributed by atoms with van der Waals surface area (Å²) in [6.45, 7) is 8.45. The number of hydrogen-bond acceptors (Lipinski definition) is 5. The van der Waals surface area contributed by atoms with Crippen LogP contribution in [0.3, 0.4) is 0 Å². The zero-order valence-corrected chi connectivity index (χ0v) is 37.5. The van der Waals surface area contributed by atoms with Gasteiger partial charge in [-0.2, -0.15) is 0 Å². The minimum atomic E-state index is 0.599. The van der Waals surface area contributed by atoms with Gasteiger partial charge in [0.1, 0.15) is 11.2 Å². The van der Waals surface area contributed by atoms with Crippen LogP contribution in [0.1, 0.15) is 22.3 Å². The SMILES string of the molecule is Cc1cc(C)cc(-c2nc(-c3cc(C)cc(C)c3)nc(-c3cccc(-c4nc5ccccc5c5c(-c6ccc7c8ccccc8c8ccccc8c7c6)c6c(cc45)oc4ccccc46)c3)n2)c1. The van der Waals surface area contributed by atoms with Crippen molar-refractivity contribution in [3.05, 3.63) is 204 Å². The van der Waals surface area contributed by atoms with Gasteiger partial charge in [0.15, 0.2) is 17.5 Å². The molecule has 5 nitrogen and oxygen atoms in total. The van der Waals surface area contributed by atoms with Crippen LogP contribution >= 0.6 is 0 Å². The maximum atomic E-state index is 6.82. The second kappa shape index (κ2) is 15.0. The summed E-state index contributed by atoms with van der Waals surface area (Å²) in [5, 5.41) is 12.8. The zero-order valence-electron chi connectivity index (χ0n) is 37.5. The average molecular weight is 859 g/mol. The minimum Gasteiger partial charge on any atom is -0.456 e. The lowest BCUT2D eigenvalue weighted by Crippen LogP contribution is -2.01. The first-order valence-corrected chi connectivity index (χ1v) is 22.9. The molecule has 316 valence electrons. The smallest absolute Gasteiger partial charge is 0.164 e. The second-order valence-corrected chi connectivity index (χ2v) is 18.1. The Labute approximate surface area is 387 Å². The molecular formula is C62H42N4O. The number of benzene rings is 10. The molecule has 0 aliphatic rings. The number of rotatable bonds is 5. The third-order valence-corrected chi connectivity index (χ3v) is 13.4. The van der Waals surface area contributed by atoms with Gasteiger partial charge < -0.3 is 4.42 Å². The lowest BCUT2D eigenvalue weighted by atomic mass is 9.87. The van der Waals surface area contributed by atoms with Crippen LogP contribution in [-0.4, -0.2) is 19.9 Å². The standard InChI is InChI=1S/C62H42N4O/c1-35-26-36(2)29-42(28-35)61-64-60(65-62(66-61)43-30-37(3)27-38(4)31-43)41-15-13-14-40(32-41)59-52-34-55-58(50-21-10-12-23-54(50)67-55)56(57(52)49-20-9-11-22-53(49)63-59)39-24-25-48-46-18-6-5-16-44(46)45-17-7-8-19-47(45)51(48)33-39/h5-34H,1-4H3. The van der Waals surface area contributed by atoms with E-state index < -0.39 is 0 Å². The van der Waals surface area contributed by atoms with Gasteiger partial charge in [-0.15, -0.1) is 0 Å². The summed E-state index contributed by atoms with van der Waals surface area (Å²) in [6, 6.07) is 65.1. The van der Waals surface area contributed by atoms with Gasteiger partial charge in [-0.05, 0) is 120 Å². The molecule has 0 unspecified atom stereocenters. The van der Waals surface area contributed by atoms with Crippen LogP contribution in [0.2, 0.25) is 0 Å². The average Bonchev–Trinajstić information content (AvgIpc) is 3.73. The number of nitrogens with zero attached hydrogens (tertiary/aromatic N) is 4. The van der Waals surface area contributed by atoms with Crippen LogP contribution in [0.15, 0.2) is 186 Å². The highest BCUT2D eigenvalue weighted by atomic mass is 16.3. The molecule has 0 radical (unpaired) electrons. The van der Waals surface area contributed by atoms with Crippen molar-refractivity contribution in [1.29, 1.82) is 0 Å². The Morgan fingerprint density at radius 1 is 0.299 bits per heavy atom. The molecular weight excluding hydrogens is 817 g/mol. The van der Waals surface area contributed by atoms with Gasteiger partial charge in [0.25, 0.3) is 0 Å². The van der Waals surface area contributed by atoms with Crippen molar-refractivity contribution in [3.63, 3.8) is 0 Å². The van der Waals surface area contributed by atoms with Crippen LogP contribution in [0.25, 0.3) is 132 Å². The molecule has 0 N–H and O–H groups in total. The van der Waals surface area contributed by atoms with Gasteiger partial charge in [0.2, 0.25) is 0 Å². The normalized spacial score (nSPS) is 11.9. The summed E-state index contributed by atoms with van der Waals surface area (Å²) in [4.78, 5) is 21.0. The molecule has 0 saturated carbocycles. The summed E-state index contributed by atoms with van der Waals surface area (Å²) >= 11 is 0. The van der Waals surface area contributed by atoms with Crippen molar-refractivity contribution >= 4 is 75.9 Å². The van der Waals surface area contributed by atoms with Gasteiger partial charge in [0, 0.05) is 54.7 Å². The van der Waals surface area contributed by atoms with Gasteiger partial charge in [0.05, 0.1) is 11.2 Å². The van der Waals surface area contributed by atoms with E-state index in [0.29, 0.717) is 17.5 Å². The van der Waals surface area contributed by atoms with Crippen molar-refractivity contribution in [2.75, 3.05) is 0 Å². The number of aromatic nitrogens is 4. The highest BCUT2D eigenvalue weighted by Gasteiger charge is 2.23. The van der Waals surface area contributed by atoms with E-state index in [1.54, 1.807) is 0 Å². The summed E-state index contributed by atoms with van der Waals surface area (Å²) in [5.74, 6) is 1.87. The molecule has 13 rings (SSSR count). The van der Waals surface area contributed by atoms with E-state index in [2.05, 4.69) is 204 Å². The van der Waals surface area contributed by atoms with Crippen LogP contribution < -0.4 is 0 Å². The highest BCUT2D eigenvalue weighted by molar-refractivity contribution is 6.30. The van der Waals surface area contributed by atoms with E-state index in [1.807, 2.05) is 6.07 Å². The second-order valence-electron chi connectivity index (χ2n) is 18.1. The summed E-state index contributed by atoms with van der Waals surface area (Å²) in [5.41, 5.74) is 14.1. The molecule has 10 aromatic carbocycles. The molecule has 0 fully saturated rings. The first-order chi connectivity index (χ1) is 32.8. The van der Waals surface area contributed by atoms with E-state index >= 15 is 0 Å². The molecule has 0 aliphatic heterocycles. The molecule has 0 atom stereocenters. The molecule has 3 aromatic heterocycles. The zero-order chi connectivity index (χ0) is 44.9. The minimum absolute atomic E-state index is 0.599. The van der Waals surface area contributed by atoms with Gasteiger partial charge in [-0.3, -0.25) is 0 Å². The summed E-state index contributed by atoms with van der Waals surface area (Å²) in [6.07, 6.45) is 0. The topological polar surface area (TPSA) is 64.7 Å². The molecule has 0 bridgehead atoms. The lowest BCUT2D eigenvalue weighted by Gasteiger charge is -2.17. The fourth-order valence-corrected chi connectivity index (χ4v) is 10.7. The van der Waals surface area contributed by atoms with Crippen molar-refractivity contribution < 1.29 is 4.42 Å². The molecule has 0 amide bonds. The highest BCUT2D eigenvalue weighted by Crippen LogP contribution is 2.48. The lowest BCUT2D eigenvalue weighted by molar-refractivity contribution is 0.669. The van der Waals surface area contributed by atoms with Crippen molar-refractivity contribution in [2.45, 2.75) is 27.7 Å². The molecule has 0 spiro atoms. The van der Waals surface area contributed by atoms with E-state index in [-0.39, 0.29) is 0 Å². The maximum Gasteiger partial charge on any atom is 0.164 e. The number of furan rings is 1. The Bertz CT molecular complexity index is 4080. The number of aryl methyl sites for hydroxylation is 4. The van der Waals surface area contributed by atoms with Gasteiger partial charge >= 0.3 is 0 Å². The summed E-state index contributed by atoms with van der Waals surface area (Å²) < 4.78 is 6.82. The molecule has 67 heavy (non-hydrogen) atoms. The Morgan fingerprint density at radius 2 is 0.806 bits per heavy atom. The number of fused-ring (bicyclic) bond motifs is 12. The number of pyridine rings is 1. The first-order valence-electron chi connectivity index (χ1n) is 22.9. The van der Waals surface area contributed by atoms with Crippen LogP contribution in [-0.2, 0) is 0 Å². The van der Waals surface area contributed by atoms with E-state index in [1.165, 1.54) is 32.3 Å². The van der Waals surface area contributed by atoms with Gasteiger partial charge in [-0.1, -0.05) is 150 Å². The maximum absolute atomic E-state index is 6.82. The third-order valence-electron chi connectivity index (χ3n) is 13.4. The molecule has 3 heterocycles. The molecule has 13 aromatic rings. The van der Waals surface area contributed by atoms with E-state index in [0.717, 1.165) is 105 Å². The predicted molar refractivity (Wildman–Crippen MR) is 279 cm³/mol. The van der Waals surface area contributed by atoms with Crippen molar-refractivity contribution in [2.24, 2.45) is 0 Å². The largest absolute Gasteiger partial charge is 0.456 e. The Balaban J connectivity index is 1.09. The molecule has 0 aliphatic carbocycles. The van der Waals surface area contributed by atoms with Crippen molar-refractivity contribution in [3.8, 4) is 56.5 Å². The van der Waals surface area contributed by atoms with E-state index in [4.69, 9.17) is 24.4 Å². The predicted octanol–water partition coefficient (Wildman–Crippen LogP) is 16.5. The van der Waals surface area contributed by atoms with Gasteiger partial charge in [-0.25, -0.2) is 19.9 Å². The monoisotopic (exact) mass is 858 g/mol. The van der Waals surface area contributed by atoms with Crippen molar-refractivity contribution in [1.82, 2.24) is 19.9 Å². The first kappa shape index (κ1) is 38.9.